The lowest BCUT2D eigenvalue weighted by molar-refractivity contribution is 0.0952. The fraction of sp³-hybridized carbons (Fsp3) is 0.520. The highest BCUT2D eigenvalue weighted by molar-refractivity contribution is 6.06. The van der Waals surface area contributed by atoms with Crippen molar-refractivity contribution in [2.45, 2.75) is 84.2 Å². The van der Waals surface area contributed by atoms with Crippen molar-refractivity contribution in [3.8, 4) is 0 Å². The minimum Gasteiger partial charge on any atom is -0.348 e. The van der Waals surface area contributed by atoms with E-state index >= 15 is 0 Å². The predicted octanol–water partition coefficient (Wildman–Crippen LogP) is 4.36. The summed E-state index contributed by atoms with van der Waals surface area (Å²) in [6.45, 7) is 5.92. The second-order valence-corrected chi connectivity index (χ2v) is 9.52. The van der Waals surface area contributed by atoms with Crippen LogP contribution in [-0.2, 0) is 6.54 Å². The zero-order chi connectivity index (χ0) is 22.4. The molecule has 0 aliphatic heterocycles. The molecular formula is C25H31N5O2. The van der Waals surface area contributed by atoms with E-state index in [1.807, 2.05) is 32.9 Å². The molecule has 0 unspecified atom stereocenters. The molecule has 0 saturated heterocycles. The van der Waals surface area contributed by atoms with E-state index in [0.29, 0.717) is 23.1 Å². The van der Waals surface area contributed by atoms with E-state index < -0.39 is 0 Å². The molecule has 2 saturated carbocycles. The van der Waals surface area contributed by atoms with Crippen molar-refractivity contribution in [3.63, 3.8) is 0 Å². The third kappa shape index (κ3) is 3.85. The van der Waals surface area contributed by atoms with Crippen LogP contribution >= 0.6 is 0 Å². The summed E-state index contributed by atoms with van der Waals surface area (Å²) in [5, 5.41) is 8.68. The molecule has 0 bridgehead atoms. The Balaban J connectivity index is 1.52. The van der Waals surface area contributed by atoms with Gasteiger partial charge in [0, 0.05) is 29.4 Å². The Labute approximate surface area is 187 Å². The topological polar surface area (TPSA) is 92.7 Å². The van der Waals surface area contributed by atoms with Gasteiger partial charge in [0.1, 0.15) is 0 Å². The lowest BCUT2D eigenvalue weighted by Gasteiger charge is -2.22. The number of rotatable bonds is 5. The van der Waals surface area contributed by atoms with Crippen LogP contribution in [0.15, 0.2) is 16.9 Å². The first kappa shape index (κ1) is 20.9. The minimum atomic E-state index is -0.176. The maximum Gasteiger partial charge on any atom is 0.253 e. The number of hydrogen-bond acceptors (Lipinski definition) is 4. The number of amides is 1. The zero-order valence-electron chi connectivity index (χ0n) is 19.1. The molecule has 2 fully saturated rings. The first-order chi connectivity index (χ1) is 15.4. The van der Waals surface area contributed by atoms with Crippen molar-refractivity contribution < 1.29 is 4.79 Å². The maximum atomic E-state index is 13.4. The number of pyridine rings is 2. The van der Waals surface area contributed by atoms with Crippen LogP contribution in [0, 0.1) is 20.8 Å². The number of nitrogens with one attached hydrogen (secondary N) is 2. The number of aryl methyl sites for hydroxylation is 3. The fourth-order valence-electron chi connectivity index (χ4n) is 5.05. The van der Waals surface area contributed by atoms with E-state index in [4.69, 9.17) is 10.1 Å². The lowest BCUT2D eigenvalue weighted by Crippen LogP contribution is -2.28. The van der Waals surface area contributed by atoms with E-state index in [1.54, 1.807) is 0 Å². The van der Waals surface area contributed by atoms with Crippen molar-refractivity contribution in [2.75, 3.05) is 0 Å². The second-order valence-electron chi connectivity index (χ2n) is 9.52. The van der Waals surface area contributed by atoms with Gasteiger partial charge >= 0.3 is 0 Å². The molecule has 3 aromatic heterocycles. The normalized spacial score (nSPS) is 17.1. The number of nitrogens with zero attached hydrogens (tertiary/aromatic N) is 3. The predicted molar refractivity (Wildman–Crippen MR) is 124 cm³/mol. The Hall–Kier alpha value is -2.96. The Kier molecular flexibility index (Phi) is 5.35. The van der Waals surface area contributed by atoms with Crippen molar-refractivity contribution in [1.29, 1.82) is 0 Å². The van der Waals surface area contributed by atoms with Crippen molar-refractivity contribution in [3.05, 3.63) is 56.3 Å². The van der Waals surface area contributed by atoms with Gasteiger partial charge < -0.3 is 10.3 Å². The number of H-pyrrole nitrogens is 1. The lowest BCUT2D eigenvalue weighted by atomic mass is 9.95. The van der Waals surface area contributed by atoms with Crippen LogP contribution in [0.2, 0.25) is 0 Å². The first-order valence-electron chi connectivity index (χ1n) is 11.8. The summed E-state index contributed by atoms with van der Waals surface area (Å²) < 4.78 is 2.08. The number of aromatic amines is 1. The number of aromatic nitrogens is 4. The van der Waals surface area contributed by atoms with Crippen LogP contribution < -0.4 is 10.9 Å². The third-order valence-corrected chi connectivity index (χ3v) is 6.94. The molecule has 0 radical (unpaired) electrons. The number of carbonyl (C=O) groups excluding carboxylic acids is 1. The van der Waals surface area contributed by atoms with Gasteiger partial charge in [-0.2, -0.15) is 5.10 Å². The van der Waals surface area contributed by atoms with Gasteiger partial charge in [0.05, 0.1) is 22.7 Å². The SMILES string of the molecule is Cc1cc(C)c(CNC(=O)c2cc(C3CC3)nc3c2c(C)nn3C2CCCCC2)c(=O)[nH]1. The highest BCUT2D eigenvalue weighted by Gasteiger charge is 2.30. The molecule has 2 aliphatic rings. The number of hydrogen-bond donors (Lipinski definition) is 2. The van der Waals surface area contributed by atoms with E-state index in [9.17, 15) is 9.59 Å². The van der Waals surface area contributed by atoms with Crippen LogP contribution in [0.3, 0.4) is 0 Å². The standard InChI is InChI=1S/C25H31N5O2/c1-14-11-15(2)27-25(32)20(14)13-26-24(31)19-12-21(17-9-10-17)28-23-22(19)16(3)29-30(23)18-7-5-4-6-8-18/h11-12,17-18H,4-10,13H2,1-3H3,(H,26,31)(H,27,32). The molecular weight excluding hydrogens is 402 g/mol. The average molecular weight is 434 g/mol. The monoisotopic (exact) mass is 433 g/mol. The van der Waals surface area contributed by atoms with Gasteiger partial charge in [-0.25, -0.2) is 9.67 Å². The molecule has 32 heavy (non-hydrogen) atoms. The van der Waals surface area contributed by atoms with Crippen LogP contribution in [0.25, 0.3) is 11.0 Å². The molecule has 7 nitrogen and oxygen atoms in total. The maximum absolute atomic E-state index is 13.4. The van der Waals surface area contributed by atoms with Gasteiger partial charge in [-0.1, -0.05) is 19.3 Å². The molecule has 168 valence electrons. The zero-order valence-corrected chi connectivity index (χ0v) is 19.1. The average Bonchev–Trinajstić information content (AvgIpc) is 3.56. The summed E-state index contributed by atoms with van der Waals surface area (Å²) in [6.07, 6.45) is 8.17. The van der Waals surface area contributed by atoms with Crippen molar-refractivity contribution >= 4 is 16.9 Å². The Morgan fingerprint density at radius 2 is 1.88 bits per heavy atom. The van der Waals surface area contributed by atoms with E-state index in [2.05, 4.69) is 15.0 Å². The van der Waals surface area contributed by atoms with Gasteiger partial charge in [-0.15, -0.1) is 0 Å². The van der Waals surface area contributed by atoms with Gasteiger partial charge in [0.2, 0.25) is 0 Å². The highest BCUT2D eigenvalue weighted by Crippen LogP contribution is 2.41. The molecule has 1 amide bonds. The second kappa shape index (κ2) is 8.19. The minimum absolute atomic E-state index is 0.150. The van der Waals surface area contributed by atoms with Crippen LogP contribution in [-0.4, -0.2) is 25.7 Å². The quantitative estimate of drug-likeness (QED) is 0.625. The summed E-state index contributed by atoms with van der Waals surface area (Å²) in [4.78, 5) is 33.6. The molecule has 0 atom stereocenters. The largest absolute Gasteiger partial charge is 0.348 e. The highest BCUT2D eigenvalue weighted by atomic mass is 16.1. The molecule has 0 spiro atoms. The van der Waals surface area contributed by atoms with Crippen LogP contribution in [0.1, 0.15) is 95.5 Å². The van der Waals surface area contributed by atoms with Gasteiger partial charge in [-0.3, -0.25) is 9.59 Å². The molecule has 2 aliphatic carbocycles. The smallest absolute Gasteiger partial charge is 0.253 e. The number of carbonyl (C=O) groups is 1. The third-order valence-electron chi connectivity index (χ3n) is 6.94. The van der Waals surface area contributed by atoms with Gasteiger partial charge in [-0.05, 0) is 64.2 Å². The Bertz CT molecular complexity index is 1250. The van der Waals surface area contributed by atoms with Crippen molar-refractivity contribution in [2.24, 2.45) is 0 Å². The molecule has 0 aromatic carbocycles. The summed E-state index contributed by atoms with van der Waals surface area (Å²) in [6, 6.07) is 4.23. The number of fused-ring (bicyclic) bond motifs is 1. The van der Waals surface area contributed by atoms with E-state index in [-0.39, 0.29) is 18.0 Å². The molecule has 5 rings (SSSR count). The summed E-state index contributed by atoms with van der Waals surface area (Å²) in [7, 11) is 0. The fourth-order valence-corrected chi connectivity index (χ4v) is 5.05. The molecule has 7 heteroatoms. The van der Waals surface area contributed by atoms with Crippen molar-refractivity contribution in [1.82, 2.24) is 25.1 Å². The summed E-state index contributed by atoms with van der Waals surface area (Å²) >= 11 is 0. The summed E-state index contributed by atoms with van der Waals surface area (Å²) in [5.41, 5.74) is 5.43. The van der Waals surface area contributed by atoms with Crippen LogP contribution in [0.5, 0.6) is 0 Å². The van der Waals surface area contributed by atoms with Gasteiger partial charge in [0.15, 0.2) is 5.65 Å². The Morgan fingerprint density at radius 1 is 1.12 bits per heavy atom. The summed E-state index contributed by atoms with van der Waals surface area (Å²) in [5.74, 6) is 0.258. The first-order valence-corrected chi connectivity index (χ1v) is 11.8. The van der Waals surface area contributed by atoms with Crippen LogP contribution in [0.4, 0.5) is 0 Å². The molecule has 2 N–H and O–H groups in total. The van der Waals surface area contributed by atoms with E-state index in [1.165, 1.54) is 19.3 Å². The van der Waals surface area contributed by atoms with Gasteiger partial charge in [0.25, 0.3) is 11.5 Å². The van der Waals surface area contributed by atoms with E-state index in [0.717, 1.165) is 59.4 Å². The molecule has 3 heterocycles. The molecule has 3 aromatic rings. The Morgan fingerprint density at radius 3 is 2.56 bits per heavy atom.